The SMILES string of the molecule is COCCCN(C)C(=O)N1CCCC(C(=O)O)C1. The minimum atomic E-state index is -0.811. The summed E-state index contributed by atoms with van der Waals surface area (Å²) in [5.74, 6) is -1.23. The second-order valence-corrected chi connectivity index (χ2v) is 4.67. The van der Waals surface area contributed by atoms with Gasteiger partial charge in [-0.2, -0.15) is 0 Å². The van der Waals surface area contributed by atoms with Gasteiger partial charge in [0, 0.05) is 40.4 Å². The van der Waals surface area contributed by atoms with Gasteiger partial charge >= 0.3 is 12.0 Å². The molecule has 104 valence electrons. The Hall–Kier alpha value is -1.30. The fraction of sp³-hybridized carbons (Fsp3) is 0.833. The first kappa shape index (κ1) is 14.8. The Labute approximate surface area is 107 Å². The maximum absolute atomic E-state index is 12.1. The molecule has 1 saturated heterocycles. The molecule has 18 heavy (non-hydrogen) atoms. The minimum Gasteiger partial charge on any atom is -0.481 e. The lowest BCUT2D eigenvalue weighted by Crippen LogP contribution is -2.47. The van der Waals surface area contributed by atoms with Crippen LogP contribution in [-0.4, -0.2) is 67.3 Å². The van der Waals surface area contributed by atoms with E-state index in [0.29, 0.717) is 32.7 Å². The summed E-state index contributed by atoms with van der Waals surface area (Å²) in [6.07, 6.45) is 2.20. The second kappa shape index (κ2) is 7.20. The zero-order chi connectivity index (χ0) is 13.5. The number of aliphatic carboxylic acids is 1. The zero-order valence-electron chi connectivity index (χ0n) is 11.1. The molecule has 0 bridgehead atoms. The highest BCUT2D eigenvalue weighted by Gasteiger charge is 2.29. The van der Waals surface area contributed by atoms with E-state index in [1.54, 1.807) is 24.0 Å². The molecule has 6 heteroatoms. The van der Waals surface area contributed by atoms with Crippen LogP contribution >= 0.6 is 0 Å². The molecule has 0 aliphatic carbocycles. The molecule has 1 aliphatic rings. The van der Waals surface area contributed by atoms with Gasteiger partial charge in [0.25, 0.3) is 0 Å². The van der Waals surface area contributed by atoms with Gasteiger partial charge in [-0.3, -0.25) is 4.79 Å². The van der Waals surface area contributed by atoms with Crippen LogP contribution in [0.4, 0.5) is 4.79 Å². The van der Waals surface area contributed by atoms with E-state index < -0.39 is 11.9 Å². The van der Waals surface area contributed by atoms with E-state index in [4.69, 9.17) is 9.84 Å². The van der Waals surface area contributed by atoms with Gasteiger partial charge in [-0.25, -0.2) is 4.79 Å². The molecule has 2 amide bonds. The highest BCUT2D eigenvalue weighted by Crippen LogP contribution is 2.17. The minimum absolute atomic E-state index is 0.0861. The monoisotopic (exact) mass is 258 g/mol. The van der Waals surface area contributed by atoms with Crippen molar-refractivity contribution >= 4 is 12.0 Å². The van der Waals surface area contributed by atoms with Gasteiger partial charge in [0.1, 0.15) is 0 Å². The number of ether oxygens (including phenoxy) is 1. The van der Waals surface area contributed by atoms with Crippen molar-refractivity contribution in [3.05, 3.63) is 0 Å². The fourth-order valence-corrected chi connectivity index (χ4v) is 2.14. The van der Waals surface area contributed by atoms with Crippen molar-refractivity contribution in [2.75, 3.05) is 40.4 Å². The number of methoxy groups -OCH3 is 1. The van der Waals surface area contributed by atoms with Crippen LogP contribution < -0.4 is 0 Å². The maximum atomic E-state index is 12.1. The molecule has 1 N–H and O–H groups in total. The number of carbonyl (C=O) groups is 2. The van der Waals surface area contributed by atoms with Gasteiger partial charge in [-0.05, 0) is 19.3 Å². The lowest BCUT2D eigenvalue weighted by molar-refractivity contribution is -0.143. The van der Waals surface area contributed by atoms with E-state index >= 15 is 0 Å². The third kappa shape index (κ3) is 4.18. The predicted octanol–water partition coefficient (Wildman–Crippen LogP) is 0.871. The van der Waals surface area contributed by atoms with Crippen molar-refractivity contribution in [2.24, 2.45) is 5.92 Å². The van der Waals surface area contributed by atoms with Crippen LogP contribution in [0.1, 0.15) is 19.3 Å². The van der Waals surface area contributed by atoms with Crippen LogP contribution in [0.3, 0.4) is 0 Å². The van der Waals surface area contributed by atoms with Gasteiger partial charge in [-0.1, -0.05) is 0 Å². The number of amides is 2. The smallest absolute Gasteiger partial charge is 0.319 e. The van der Waals surface area contributed by atoms with E-state index in [2.05, 4.69) is 0 Å². The number of carboxylic acids is 1. The van der Waals surface area contributed by atoms with Crippen LogP contribution in [0.2, 0.25) is 0 Å². The van der Waals surface area contributed by atoms with E-state index in [0.717, 1.165) is 12.8 Å². The molecule has 0 aromatic heterocycles. The van der Waals surface area contributed by atoms with Crippen LogP contribution in [0.5, 0.6) is 0 Å². The molecule has 1 aliphatic heterocycles. The number of piperidine rings is 1. The first-order valence-corrected chi connectivity index (χ1v) is 6.28. The second-order valence-electron chi connectivity index (χ2n) is 4.67. The van der Waals surface area contributed by atoms with Crippen LogP contribution in [0.15, 0.2) is 0 Å². The third-order valence-corrected chi connectivity index (χ3v) is 3.21. The molecule has 0 aromatic carbocycles. The lowest BCUT2D eigenvalue weighted by Gasteiger charge is -2.33. The van der Waals surface area contributed by atoms with Crippen molar-refractivity contribution in [1.82, 2.24) is 9.80 Å². The number of rotatable bonds is 5. The fourth-order valence-electron chi connectivity index (χ4n) is 2.14. The van der Waals surface area contributed by atoms with Gasteiger partial charge in [-0.15, -0.1) is 0 Å². The van der Waals surface area contributed by atoms with Crippen molar-refractivity contribution in [3.8, 4) is 0 Å². The van der Waals surface area contributed by atoms with E-state index in [-0.39, 0.29) is 6.03 Å². The number of hydrogen-bond acceptors (Lipinski definition) is 3. The molecule has 0 saturated carbocycles. The molecule has 0 spiro atoms. The Balaban J connectivity index is 2.42. The molecule has 0 aromatic rings. The van der Waals surface area contributed by atoms with Crippen molar-refractivity contribution < 1.29 is 19.4 Å². The zero-order valence-corrected chi connectivity index (χ0v) is 11.1. The standard InChI is InChI=1S/C12H22N2O4/c1-13(6-4-8-18-2)12(17)14-7-3-5-10(9-14)11(15)16/h10H,3-9H2,1-2H3,(H,15,16). The summed E-state index contributed by atoms with van der Waals surface area (Å²) in [6.45, 7) is 2.22. The number of carbonyl (C=O) groups excluding carboxylic acids is 1. The van der Waals surface area contributed by atoms with E-state index in [1.165, 1.54) is 0 Å². The molecule has 0 radical (unpaired) electrons. The topological polar surface area (TPSA) is 70.1 Å². The molecule has 1 rings (SSSR count). The molecular formula is C12H22N2O4. The van der Waals surface area contributed by atoms with Crippen LogP contribution in [-0.2, 0) is 9.53 Å². The normalized spacial score (nSPS) is 19.7. The largest absolute Gasteiger partial charge is 0.481 e. The predicted molar refractivity (Wildman–Crippen MR) is 66.5 cm³/mol. The third-order valence-electron chi connectivity index (χ3n) is 3.21. The summed E-state index contributed by atoms with van der Waals surface area (Å²) in [5, 5.41) is 8.98. The molecule has 1 fully saturated rings. The molecule has 1 unspecified atom stereocenters. The quantitative estimate of drug-likeness (QED) is 0.743. The summed E-state index contributed by atoms with van der Waals surface area (Å²) in [5.41, 5.74) is 0. The highest BCUT2D eigenvalue weighted by atomic mass is 16.5. The molecule has 1 atom stereocenters. The van der Waals surface area contributed by atoms with E-state index in [1.807, 2.05) is 0 Å². The van der Waals surface area contributed by atoms with Crippen LogP contribution in [0.25, 0.3) is 0 Å². The van der Waals surface area contributed by atoms with Crippen molar-refractivity contribution in [1.29, 1.82) is 0 Å². The summed E-state index contributed by atoms with van der Waals surface area (Å²) < 4.78 is 4.94. The summed E-state index contributed by atoms with van der Waals surface area (Å²) in [7, 11) is 3.37. The number of urea groups is 1. The van der Waals surface area contributed by atoms with Crippen LogP contribution in [0, 0.1) is 5.92 Å². The van der Waals surface area contributed by atoms with Gasteiger partial charge < -0.3 is 19.6 Å². The Morgan fingerprint density at radius 2 is 2.22 bits per heavy atom. The van der Waals surface area contributed by atoms with E-state index in [9.17, 15) is 9.59 Å². The van der Waals surface area contributed by atoms with Crippen molar-refractivity contribution in [2.45, 2.75) is 19.3 Å². The van der Waals surface area contributed by atoms with Crippen molar-refractivity contribution in [3.63, 3.8) is 0 Å². The number of hydrogen-bond donors (Lipinski definition) is 1. The first-order chi connectivity index (χ1) is 8.56. The first-order valence-electron chi connectivity index (χ1n) is 6.28. The number of nitrogens with zero attached hydrogens (tertiary/aromatic N) is 2. The van der Waals surface area contributed by atoms with Gasteiger partial charge in [0.05, 0.1) is 5.92 Å². The van der Waals surface area contributed by atoms with Gasteiger partial charge in [0.15, 0.2) is 0 Å². The Morgan fingerprint density at radius 3 is 2.83 bits per heavy atom. The Morgan fingerprint density at radius 1 is 1.50 bits per heavy atom. The average Bonchev–Trinajstić information content (AvgIpc) is 2.38. The summed E-state index contributed by atoms with van der Waals surface area (Å²) >= 11 is 0. The highest BCUT2D eigenvalue weighted by molar-refractivity contribution is 5.76. The number of carboxylic acid groups (broad SMARTS) is 1. The molecule has 1 heterocycles. The Kier molecular flexibility index (Phi) is 5.91. The Bertz CT molecular complexity index is 296. The molecule has 6 nitrogen and oxygen atoms in total. The maximum Gasteiger partial charge on any atom is 0.319 e. The van der Waals surface area contributed by atoms with Gasteiger partial charge in [0.2, 0.25) is 0 Å². The summed E-state index contributed by atoms with van der Waals surface area (Å²) in [6, 6.07) is -0.0861. The summed E-state index contributed by atoms with van der Waals surface area (Å²) in [4.78, 5) is 26.3. The lowest BCUT2D eigenvalue weighted by atomic mass is 9.99. The number of likely N-dealkylation sites (tertiary alicyclic amines) is 1. The molecular weight excluding hydrogens is 236 g/mol. The average molecular weight is 258 g/mol.